The minimum atomic E-state index is 0.451. The summed E-state index contributed by atoms with van der Waals surface area (Å²) in [4.78, 5) is 0. The highest BCUT2D eigenvalue weighted by Crippen LogP contribution is 2.23. The van der Waals surface area contributed by atoms with Crippen LogP contribution in [0, 0.1) is 0 Å². The first-order valence-electron chi connectivity index (χ1n) is 4.88. The van der Waals surface area contributed by atoms with Gasteiger partial charge in [-0.1, -0.05) is 38.8 Å². The zero-order valence-corrected chi connectivity index (χ0v) is 9.30. The lowest BCUT2D eigenvalue weighted by atomic mass is 10.1. The van der Waals surface area contributed by atoms with Crippen molar-refractivity contribution in [2.75, 3.05) is 0 Å². The van der Waals surface area contributed by atoms with E-state index in [-0.39, 0.29) is 0 Å². The van der Waals surface area contributed by atoms with Crippen LogP contribution in [0.25, 0.3) is 0 Å². The summed E-state index contributed by atoms with van der Waals surface area (Å²) in [5.74, 6) is 0.451. The highest BCUT2D eigenvalue weighted by molar-refractivity contribution is 6.31. The van der Waals surface area contributed by atoms with E-state index in [1.165, 1.54) is 6.42 Å². The normalized spacial score (nSPS) is 11.2. The van der Waals surface area contributed by atoms with Gasteiger partial charge in [-0.15, -0.1) is 0 Å². The summed E-state index contributed by atoms with van der Waals surface area (Å²) in [7, 11) is 0. The fraction of sp³-hybridized carbons (Fsp3) is 0.700. The van der Waals surface area contributed by atoms with Gasteiger partial charge in [-0.2, -0.15) is 5.10 Å². The van der Waals surface area contributed by atoms with Crippen LogP contribution in [0.4, 0.5) is 0 Å². The van der Waals surface area contributed by atoms with E-state index >= 15 is 0 Å². The van der Waals surface area contributed by atoms with Gasteiger partial charge in [0.15, 0.2) is 0 Å². The van der Waals surface area contributed by atoms with Crippen molar-refractivity contribution in [2.45, 2.75) is 46.1 Å². The topological polar surface area (TPSA) is 17.8 Å². The molecule has 3 heteroatoms. The number of aromatic nitrogens is 2. The third-order valence-electron chi connectivity index (χ3n) is 2.10. The SMILES string of the molecule is CCCCn1ncc(Cl)c1C(C)C. The van der Waals surface area contributed by atoms with E-state index in [4.69, 9.17) is 11.6 Å². The van der Waals surface area contributed by atoms with E-state index in [1.807, 2.05) is 4.68 Å². The number of halogens is 1. The Kier molecular flexibility index (Phi) is 3.79. The number of aryl methyl sites for hydroxylation is 1. The molecule has 0 N–H and O–H groups in total. The van der Waals surface area contributed by atoms with Crippen molar-refractivity contribution in [3.8, 4) is 0 Å². The molecule has 0 aliphatic heterocycles. The zero-order chi connectivity index (χ0) is 9.84. The molecule has 0 aliphatic rings. The fourth-order valence-corrected chi connectivity index (χ4v) is 1.79. The van der Waals surface area contributed by atoms with Crippen LogP contribution in [0.1, 0.15) is 45.2 Å². The maximum absolute atomic E-state index is 6.04. The molecule has 13 heavy (non-hydrogen) atoms. The third kappa shape index (κ3) is 2.47. The lowest BCUT2D eigenvalue weighted by Gasteiger charge is -2.09. The van der Waals surface area contributed by atoms with Crippen molar-refractivity contribution in [2.24, 2.45) is 0 Å². The molecule has 1 rings (SSSR count). The molecule has 0 saturated heterocycles. The lowest BCUT2D eigenvalue weighted by Crippen LogP contribution is -2.06. The average molecular weight is 201 g/mol. The Hall–Kier alpha value is -0.500. The number of hydrogen-bond acceptors (Lipinski definition) is 1. The van der Waals surface area contributed by atoms with Gasteiger partial charge in [0.05, 0.1) is 16.9 Å². The molecule has 0 fully saturated rings. The first kappa shape index (κ1) is 10.6. The monoisotopic (exact) mass is 200 g/mol. The summed E-state index contributed by atoms with van der Waals surface area (Å²) in [6, 6.07) is 0. The van der Waals surface area contributed by atoms with E-state index in [0.29, 0.717) is 5.92 Å². The molecule has 74 valence electrons. The molecule has 1 aromatic rings. The van der Waals surface area contributed by atoms with Gasteiger partial charge in [-0.3, -0.25) is 4.68 Å². The Labute approximate surface area is 84.9 Å². The fourth-order valence-electron chi connectivity index (χ4n) is 1.43. The molecule has 0 radical (unpaired) electrons. The minimum absolute atomic E-state index is 0.451. The Morgan fingerprint density at radius 1 is 1.54 bits per heavy atom. The average Bonchev–Trinajstić information content (AvgIpc) is 2.43. The van der Waals surface area contributed by atoms with Crippen molar-refractivity contribution in [1.82, 2.24) is 9.78 Å². The van der Waals surface area contributed by atoms with Crippen molar-refractivity contribution in [3.63, 3.8) is 0 Å². The third-order valence-corrected chi connectivity index (χ3v) is 2.39. The molecule has 0 amide bonds. The lowest BCUT2D eigenvalue weighted by molar-refractivity contribution is 0.536. The van der Waals surface area contributed by atoms with Crippen LogP contribution in [0.15, 0.2) is 6.20 Å². The second-order valence-corrected chi connectivity index (χ2v) is 4.02. The predicted octanol–water partition coefficient (Wildman–Crippen LogP) is 3.46. The maximum Gasteiger partial charge on any atom is 0.0820 e. The van der Waals surface area contributed by atoms with Gasteiger partial charge in [0.25, 0.3) is 0 Å². The van der Waals surface area contributed by atoms with Gasteiger partial charge in [-0.05, 0) is 12.3 Å². The number of hydrogen-bond donors (Lipinski definition) is 0. The number of rotatable bonds is 4. The molecule has 1 aromatic heterocycles. The van der Waals surface area contributed by atoms with Gasteiger partial charge in [0.1, 0.15) is 0 Å². The molecule has 0 saturated carbocycles. The minimum Gasteiger partial charge on any atom is -0.268 e. The molecule has 0 unspecified atom stereocenters. The molecule has 0 spiro atoms. The van der Waals surface area contributed by atoms with Crippen LogP contribution in [0.5, 0.6) is 0 Å². The Balaban J connectivity index is 2.81. The second-order valence-electron chi connectivity index (χ2n) is 3.61. The van der Waals surface area contributed by atoms with Crippen LogP contribution in [0.2, 0.25) is 5.02 Å². The van der Waals surface area contributed by atoms with E-state index in [9.17, 15) is 0 Å². The first-order valence-corrected chi connectivity index (χ1v) is 5.25. The molecular weight excluding hydrogens is 184 g/mol. The van der Waals surface area contributed by atoms with E-state index < -0.39 is 0 Å². The Bertz CT molecular complexity index is 266. The smallest absolute Gasteiger partial charge is 0.0820 e. The summed E-state index contributed by atoms with van der Waals surface area (Å²) in [6.07, 6.45) is 4.10. The van der Waals surface area contributed by atoms with Crippen LogP contribution in [-0.2, 0) is 6.54 Å². The second kappa shape index (κ2) is 4.66. The highest BCUT2D eigenvalue weighted by atomic mass is 35.5. The molecular formula is C10H17ClN2. The van der Waals surface area contributed by atoms with Crippen molar-refractivity contribution < 1.29 is 0 Å². The number of unbranched alkanes of at least 4 members (excludes halogenated alkanes) is 1. The van der Waals surface area contributed by atoms with E-state index in [0.717, 1.165) is 23.7 Å². The quantitative estimate of drug-likeness (QED) is 0.728. The Morgan fingerprint density at radius 2 is 2.23 bits per heavy atom. The number of nitrogens with zero attached hydrogens (tertiary/aromatic N) is 2. The molecule has 0 aromatic carbocycles. The Morgan fingerprint density at radius 3 is 2.77 bits per heavy atom. The van der Waals surface area contributed by atoms with Crippen molar-refractivity contribution in [1.29, 1.82) is 0 Å². The molecule has 1 heterocycles. The zero-order valence-electron chi connectivity index (χ0n) is 8.55. The van der Waals surface area contributed by atoms with Crippen LogP contribution in [0.3, 0.4) is 0 Å². The van der Waals surface area contributed by atoms with Crippen molar-refractivity contribution >= 4 is 11.6 Å². The summed E-state index contributed by atoms with van der Waals surface area (Å²) in [6.45, 7) is 7.45. The van der Waals surface area contributed by atoms with E-state index in [1.54, 1.807) is 6.20 Å². The summed E-state index contributed by atoms with van der Waals surface area (Å²) >= 11 is 6.04. The van der Waals surface area contributed by atoms with Crippen LogP contribution in [-0.4, -0.2) is 9.78 Å². The van der Waals surface area contributed by atoms with Crippen LogP contribution >= 0.6 is 11.6 Å². The van der Waals surface area contributed by atoms with Crippen LogP contribution < -0.4 is 0 Å². The molecule has 0 atom stereocenters. The molecule has 0 bridgehead atoms. The van der Waals surface area contributed by atoms with E-state index in [2.05, 4.69) is 25.9 Å². The van der Waals surface area contributed by atoms with Gasteiger partial charge in [0, 0.05) is 6.54 Å². The summed E-state index contributed by atoms with van der Waals surface area (Å²) < 4.78 is 2.02. The summed E-state index contributed by atoms with van der Waals surface area (Å²) in [5, 5.41) is 5.06. The predicted molar refractivity (Wildman–Crippen MR) is 56.2 cm³/mol. The van der Waals surface area contributed by atoms with Gasteiger partial charge >= 0.3 is 0 Å². The molecule has 0 aliphatic carbocycles. The highest BCUT2D eigenvalue weighted by Gasteiger charge is 2.11. The van der Waals surface area contributed by atoms with Gasteiger partial charge in [-0.25, -0.2) is 0 Å². The van der Waals surface area contributed by atoms with Gasteiger partial charge in [0.2, 0.25) is 0 Å². The molecule has 2 nitrogen and oxygen atoms in total. The van der Waals surface area contributed by atoms with Crippen molar-refractivity contribution in [3.05, 3.63) is 16.9 Å². The largest absolute Gasteiger partial charge is 0.268 e. The summed E-state index contributed by atoms with van der Waals surface area (Å²) in [5.41, 5.74) is 1.16. The maximum atomic E-state index is 6.04. The first-order chi connectivity index (χ1) is 6.16. The van der Waals surface area contributed by atoms with Gasteiger partial charge < -0.3 is 0 Å². The standard InChI is InChI=1S/C10H17ClN2/c1-4-5-6-13-10(8(2)3)9(11)7-12-13/h7-8H,4-6H2,1-3H3.